The van der Waals surface area contributed by atoms with Gasteiger partial charge in [-0.1, -0.05) is 35.2 Å². The Morgan fingerprint density at radius 2 is 1.80 bits per heavy atom. The number of anilines is 2. The lowest BCUT2D eigenvalue weighted by molar-refractivity contribution is -0.116. The van der Waals surface area contributed by atoms with E-state index in [9.17, 15) is 14.0 Å². The van der Waals surface area contributed by atoms with Gasteiger partial charge in [0.05, 0.1) is 28.1 Å². The van der Waals surface area contributed by atoms with Gasteiger partial charge < -0.3 is 10.6 Å². The Bertz CT molecular complexity index is 1160. The maximum absolute atomic E-state index is 12.9. The van der Waals surface area contributed by atoms with Gasteiger partial charge in [-0.3, -0.25) is 9.59 Å². The van der Waals surface area contributed by atoms with Crippen LogP contribution in [0.3, 0.4) is 0 Å². The molecule has 0 fully saturated rings. The van der Waals surface area contributed by atoms with Gasteiger partial charge in [0.15, 0.2) is 9.47 Å². The molecule has 2 aromatic carbocycles. The van der Waals surface area contributed by atoms with E-state index in [1.54, 1.807) is 5.38 Å². The second-order valence-corrected chi connectivity index (χ2v) is 9.27. The molecule has 0 aliphatic rings. The first-order chi connectivity index (χ1) is 14.5. The molecule has 4 rings (SSSR count). The zero-order chi connectivity index (χ0) is 20.9. The lowest BCUT2D eigenvalue weighted by atomic mass is 10.3. The lowest BCUT2D eigenvalue weighted by Crippen LogP contribution is -2.14. The number of nitrogens with one attached hydrogen (secondary N) is 2. The second kappa shape index (κ2) is 9.33. The zero-order valence-electron chi connectivity index (χ0n) is 15.4. The van der Waals surface area contributed by atoms with Crippen LogP contribution in [-0.2, 0) is 16.0 Å². The van der Waals surface area contributed by atoms with Crippen LogP contribution in [0.2, 0.25) is 0 Å². The van der Waals surface area contributed by atoms with E-state index in [1.807, 2.05) is 24.3 Å². The van der Waals surface area contributed by atoms with Crippen LogP contribution >= 0.6 is 34.4 Å². The van der Waals surface area contributed by atoms with Crippen molar-refractivity contribution in [3.63, 3.8) is 0 Å². The first-order valence-electron chi connectivity index (χ1n) is 8.83. The molecule has 0 radical (unpaired) electrons. The zero-order valence-corrected chi connectivity index (χ0v) is 17.9. The van der Waals surface area contributed by atoms with Gasteiger partial charge in [0.2, 0.25) is 11.8 Å². The van der Waals surface area contributed by atoms with E-state index in [4.69, 9.17) is 0 Å². The first kappa shape index (κ1) is 20.5. The van der Waals surface area contributed by atoms with Gasteiger partial charge in [0.1, 0.15) is 5.82 Å². The largest absolute Gasteiger partial charge is 0.325 e. The quantitative estimate of drug-likeness (QED) is 0.389. The molecule has 6 nitrogen and oxygen atoms in total. The molecule has 0 saturated heterocycles. The molecule has 2 aromatic heterocycles. The van der Waals surface area contributed by atoms with Crippen molar-refractivity contribution in [1.82, 2.24) is 9.97 Å². The smallest absolute Gasteiger partial charge is 0.234 e. The third-order valence-corrected chi connectivity index (χ3v) is 6.89. The number of nitrogens with zero attached hydrogens (tertiary/aromatic N) is 2. The average molecular weight is 459 g/mol. The van der Waals surface area contributed by atoms with Crippen molar-refractivity contribution in [1.29, 1.82) is 0 Å². The molecule has 0 unspecified atom stereocenters. The van der Waals surface area contributed by atoms with Crippen LogP contribution in [0.1, 0.15) is 5.69 Å². The number of aromatic nitrogens is 2. The Kier molecular flexibility index (Phi) is 6.36. The Morgan fingerprint density at radius 1 is 1.00 bits per heavy atom. The van der Waals surface area contributed by atoms with Crippen molar-refractivity contribution < 1.29 is 14.0 Å². The molecule has 0 saturated carbocycles. The minimum atomic E-state index is -0.357. The van der Waals surface area contributed by atoms with Gasteiger partial charge in [-0.15, -0.1) is 11.3 Å². The summed E-state index contributed by atoms with van der Waals surface area (Å²) in [6.07, 6.45) is 0.134. The van der Waals surface area contributed by atoms with Crippen LogP contribution in [0, 0.1) is 5.82 Å². The number of rotatable bonds is 7. The number of hydrogen-bond acceptors (Lipinski definition) is 7. The molecule has 0 atom stereocenters. The summed E-state index contributed by atoms with van der Waals surface area (Å²) in [4.78, 5) is 33.1. The van der Waals surface area contributed by atoms with Crippen LogP contribution in [0.5, 0.6) is 0 Å². The van der Waals surface area contributed by atoms with Gasteiger partial charge in [0, 0.05) is 11.1 Å². The highest BCUT2D eigenvalue weighted by atomic mass is 32.2. The fourth-order valence-corrected chi connectivity index (χ4v) is 5.07. The fourth-order valence-electron chi connectivity index (χ4n) is 2.55. The van der Waals surface area contributed by atoms with E-state index in [-0.39, 0.29) is 29.8 Å². The molecule has 0 aliphatic heterocycles. The number of carbonyl (C=O) groups is 2. The third kappa shape index (κ3) is 5.41. The number of para-hydroxylation sites is 1. The molecule has 0 aliphatic carbocycles. The first-order valence-corrected chi connectivity index (χ1v) is 11.5. The van der Waals surface area contributed by atoms with Gasteiger partial charge in [-0.05, 0) is 36.4 Å². The van der Waals surface area contributed by atoms with E-state index < -0.39 is 0 Å². The molecule has 4 aromatic rings. The standard InChI is InChI=1S/C20H15FN4O2S3/c21-12-5-7-13(8-6-12)22-18(27)11-29-20-23-14(10-28-20)9-17(26)25-19-24-15-3-1-2-4-16(15)30-19/h1-8,10H,9,11H2,(H,22,27)(H,24,25,26). The molecule has 10 heteroatoms. The van der Waals surface area contributed by atoms with Crippen LogP contribution in [0.4, 0.5) is 15.2 Å². The Morgan fingerprint density at radius 3 is 2.60 bits per heavy atom. The van der Waals surface area contributed by atoms with Crippen molar-refractivity contribution >= 4 is 67.3 Å². The summed E-state index contributed by atoms with van der Waals surface area (Å²) in [6, 6.07) is 13.3. The summed E-state index contributed by atoms with van der Waals surface area (Å²) >= 11 is 4.09. The summed E-state index contributed by atoms with van der Waals surface area (Å²) < 4.78 is 14.6. The Hall–Kier alpha value is -2.82. The van der Waals surface area contributed by atoms with E-state index in [0.717, 1.165) is 10.2 Å². The Labute approximate surface area is 183 Å². The van der Waals surface area contributed by atoms with Crippen molar-refractivity contribution in [2.75, 3.05) is 16.4 Å². The van der Waals surface area contributed by atoms with E-state index >= 15 is 0 Å². The number of benzene rings is 2. The SMILES string of the molecule is O=C(CSc1nc(CC(=O)Nc2nc3ccccc3s2)cs1)Nc1ccc(F)cc1. The third-order valence-electron chi connectivity index (χ3n) is 3.87. The number of carbonyl (C=O) groups excluding carboxylic acids is 2. The van der Waals surface area contributed by atoms with Crippen LogP contribution in [-0.4, -0.2) is 27.5 Å². The molecule has 30 heavy (non-hydrogen) atoms. The molecule has 2 N–H and O–H groups in total. The van der Waals surface area contributed by atoms with Crippen LogP contribution < -0.4 is 10.6 Å². The van der Waals surface area contributed by atoms with Gasteiger partial charge >= 0.3 is 0 Å². The summed E-state index contributed by atoms with van der Waals surface area (Å²) in [5, 5.41) is 7.87. The number of hydrogen-bond donors (Lipinski definition) is 2. The minimum absolute atomic E-state index is 0.134. The summed E-state index contributed by atoms with van der Waals surface area (Å²) in [5.41, 5.74) is 2.03. The molecular weight excluding hydrogens is 443 g/mol. The molecule has 0 spiro atoms. The summed E-state index contributed by atoms with van der Waals surface area (Å²) in [6.45, 7) is 0. The molecular formula is C20H15FN4O2S3. The summed E-state index contributed by atoms with van der Waals surface area (Å²) in [5.74, 6) is -0.589. The number of thioether (sulfide) groups is 1. The molecule has 2 amide bonds. The normalized spacial score (nSPS) is 10.8. The van der Waals surface area contributed by atoms with Gasteiger partial charge in [-0.2, -0.15) is 0 Å². The predicted molar refractivity (Wildman–Crippen MR) is 120 cm³/mol. The maximum Gasteiger partial charge on any atom is 0.234 e. The van der Waals surface area contributed by atoms with Crippen molar-refractivity contribution in [2.24, 2.45) is 0 Å². The highest BCUT2D eigenvalue weighted by Gasteiger charge is 2.12. The predicted octanol–water partition coefficient (Wildman–Crippen LogP) is 4.80. The highest BCUT2D eigenvalue weighted by molar-refractivity contribution is 8.01. The average Bonchev–Trinajstić information content (AvgIpc) is 3.34. The van der Waals surface area contributed by atoms with E-state index in [1.165, 1.54) is 58.7 Å². The molecule has 152 valence electrons. The second-order valence-electron chi connectivity index (χ2n) is 6.16. The topological polar surface area (TPSA) is 84.0 Å². The number of fused-ring (bicyclic) bond motifs is 1. The maximum atomic E-state index is 12.9. The van der Waals surface area contributed by atoms with E-state index in [0.29, 0.717) is 20.9 Å². The van der Waals surface area contributed by atoms with E-state index in [2.05, 4.69) is 20.6 Å². The van der Waals surface area contributed by atoms with Crippen molar-refractivity contribution in [3.05, 3.63) is 65.4 Å². The lowest BCUT2D eigenvalue weighted by Gasteiger charge is -2.03. The monoisotopic (exact) mass is 458 g/mol. The Balaban J connectivity index is 1.26. The highest BCUT2D eigenvalue weighted by Crippen LogP contribution is 2.26. The number of thiazole rings is 2. The van der Waals surface area contributed by atoms with Crippen LogP contribution in [0.25, 0.3) is 10.2 Å². The van der Waals surface area contributed by atoms with Crippen molar-refractivity contribution in [2.45, 2.75) is 10.8 Å². The van der Waals surface area contributed by atoms with Gasteiger partial charge in [-0.25, -0.2) is 14.4 Å². The molecule has 0 bridgehead atoms. The van der Waals surface area contributed by atoms with Crippen molar-refractivity contribution in [3.8, 4) is 0 Å². The van der Waals surface area contributed by atoms with Crippen LogP contribution in [0.15, 0.2) is 58.3 Å². The molecule has 2 heterocycles. The summed E-state index contributed by atoms with van der Waals surface area (Å²) in [7, 11) is 0. The number of amides is 2. The van der Waals surface area contributed by atoms with Gasteiger partial charge in [0.25, 0.3) is 0 Å². The minimum Gasteiger partial charge on any atom is -0.325 e. The number of halogens is 1. The fraction of sp³-hybridized carbons (Fsp3) is 0.100.